The molecule has 0 spiro atoms. The molecule has 0 aliphatic heterocycles. The smallest absolute Gasteiger partial charge is 0.233 e. The summed E-state index contributed by atoms with van der Waals surface area (Å²) in [4.78, 5) is 12.5. The first-order valence-electron chi connectivity index (χ1n) is 7.80. The second kappa shape index (κ2) is 6.61. The van der Waals surface area contributed by atoms with Crippen molar-refractivity contribution in [3.05, 3.63) is 40.9 Å². The third-order valence-electron chi connectivity index (χ3n) is 4.43. The van der Waals surface area contributed by atoms with Gasteiger partial charge in [0.25, 0.3) is 0 Å². The zero-order valence-electron chi connectivity index (χ0n) is 13.6. The Kier molecular flexibility index (Phi) is 4.73. The number of benzene rings is 1. The molecule has 1 heterocycles. The van der Waals surface area contributed by atoms with Crippen LogP contribution in [0.15, 0.2) is 34.1 Å². The molecule has 2 aromatic rings. The van der Waals surface area contributed by atoms with Crippen molar-refractivity contribution in [3.8, 4) is 0 Å². The fraction of sp³-hybridized carbons (Fsp3) is 0.471. The Morgan fingerprint density at radius 2 is 2.22 bits per heavy atom. The van der Waals surface area contributed by atoms with Crippen LogP contribution in [0, 0.1) is 0 Å². The molecule has 0 bridgehead atoms. The van der Waals surface area contributed by atoms with Crippen LogP contribution in [0.4, 0.5) is 0 Å². The van der Waals surface area contributed by atoms with Gasteiger partial charge in [-0.05, 0) is 36.3 Å². The topological polar surface area (TPSA) is 54.9 Å². The number of amides is 1. The number of nitrogens with one attached hydrogen (secondary N) is 1. The zero-order valence-corrected chi connectivity index (χ0v) is 15.2. The predicted octanol–water partition coefficient (Wildman–Crippen LogP) is 3.95. The number of fused-ring (bicyclic) bond motifs is 1. The highest BCUT2D eigenvalue weighted by molar-refractivity contribution is 8.02. The molecule has 3 rings (SSSR count). The van der Waals surface area contributed by atoms with E-state index in [1.165, 1.54) is 34.2 Å². The lowest BCUT2D eigenvalue weighted by molar-refractivity contribution is -0.121. The molecule has 0 fully saturated rings. The van der Waals surface area contributed by atoms with Crippen molar-refractivity contribution < 1.29 is 4.79 Å². The van der Waals surface area contributed by atoms with Crippen LogP contribution in [0.3, 0.4) is 0 Å². The molecular formula is C17H21N3OS2. The molecule has 0 saturated carbocycles. The van der Waals surface area contributed by atoms with Crippen molar-refractivity contribution in [2.75, 3.05) is 0 Å². The summed E-state index contributed by atoms with van der Waals surface area (Å²) in [5.74, 6) is 0.0599. The summed E-state index contributed by atoms with van der Waals surface area (Å²) in [6, 6.07) is 8.57. The lowest BCUT2D eigenvalue weighted by Crippen LogP contribution is -2.38. The van der Waals surface area contributed by atoms with Crippen LogP contribution in [0.5, 0.6) is 0 Å². The molecule has 0 radical (unpaired) electrons. The maximum absolute atomic E-state index is 12.5. The lowest BCUT2D eigenvalue weighted by atomic mass is 9.71. The van der Waals surface area contributed by atoms with Crippen molar-refractivity contribution in [1.82, 2.24) is 15.5 Å². The monoisotopic (exact) mass is 347 g/mol. The van der Waals surface area contributed by atoms with Gasteiger partial charge in [-0.3, -0.25) is 4.79 Å². The van der Waals surface area contributed by atoms with Gasteiger partial charge in [-0.2, -0.15) is 0 Å². The number of thioether (sulfide) groups is 1. The van der Waals surface area contributed by atoms with Crippen molar-refractivity contribution in [2.24, 2.45) is 0 Å². The van der Waals surface area contributed by atoms with Gasteiger partial charge in [0.1, 0.15) is 5.51 Å². The molecule has 0 saturated heterocycles. The van der Waals surface area contributed by atoms with E-state index in [1.807, 2.05) is 6.92 Å². The van der Waals surface area contributed by atoms with E-state index in [0.717, 1.165) is 17.2 Å². The molecule has 1 amide bonds. The lowest BCUT2D eigenvalue weighted by Gasteiger charge is -2.37. The molecular weight excluding hydrogens is 326 g/mol. The van der Waals surface area contributed by atoms with Crippen molar-refractivity contribution in [3.63, 3.8) is 0 Å². The summed E-state index contributed by atoms with van der Waals surface area (Å²) in [5.41, 5.74) is 4.46. The van der Waals surface area contributed by atoms with E-state index in [2.05, 4.69) is 53.6 Å². The number of hydrogen-bond donors (Lipinski definition) is 1. The average Bonchev–Trinajstić information content (AvgIpc) is 3.03. The number of carbonyl (C=O) groups excluding carboxylic acids is 1. The van der Waals surface area contributed by atoms with E-state index >= 15 is 0 Å². The third kappa shape index (κ3) is 3.58. The Labute approximate surface area is 145 Å². The van der Waals surface area contributed by atoms with Gasteiger partial charge in [-0.1, -0.05) is 61.2 Å². The van der Waals surface area contributed by atoms with Crippen molar-refractivity contribution in [1.29, 1.82) is 0 Å². The second-order valence-electron chi connectivity index (χ2n) is 6.54. The molecule has 1 aromatic heterocycles. The Bertz CT molecular complexity index is 685. The van der Waals surface area contributed by atoms with Gasteiger partial charge < -0.3 is 5.32 Å². The number of hydrogen-bond acceptors (Lipinski definition) is 5. The molecule has 0 unspecified atom stereocenters. The summed E-state index contributed by atoms with van der Waals surface area (Å²) >= 11 is 2.92. The summed E-state index contributed by atoms with van der Waals surface area (Å²) in [6.07, 6.45) is 2.05. The van der Waals surface area contributed by atoms with E-state index in [0.29, 0.717) is 0 Å². The van der Waals surface area contributed by atoms with Crippen LogP contribution >= 0.6 is 23.1 Å². The van der Waals surface area contributed by atoms with Crippen LogP contribution in [-0.4, -0.2) is 21.4 Å². The number of rotatable bonds is 4. The number of carbonyl (C=O) groups is 1. The Balaban J connectivity index is 1.72. The standard InChI is InChI=1S/C17H21N3OS2/c1-11(23-16-20-18-10-22-16)15(21)19-14-8-9-17(2,3)13-7-5-4-6-12(13)14/h4-7,10-11,14H,8-9H2,1-3H3,(H,19,21)/t11-,14+/m0/s1. The molecule has 1 aliphatic carbocycles. The quantitative estimate of drug-likeness (QED) is 0.851. The summed E-state index contributed by atoms with van der Waals surface area (Å²) < 4.78 is 0.831. The van der Waals surface area contributed by atoms with E-state index in [4.69, 9.17) is 0 Å². The normalized spacial score (nSPS) is 20.6. The Morgan fingerprint density at radius 3 is 2.96 bits per heavy atom. The summed E-state index contributed by atoms with van der Waals surface area (Å²) in [5, 5.41) is 10.8. The largest absolute Gasteiger partial charge is 0.348 e. The summed E-state index contributed by atoms with van der Waals surface area (Å²) in [7, 11) is 0. The molecule has 2 atom stereocenters. The Morgan fingerprint density at radius 1 is 1.43 bits per heavy atom. The van der Waals surface area contributed by atoms with Gasteiger partial charge in [0, 0.05) is 0 Å². The molecule has 6 heteroatoms. The van der Waals surface area contributed by atoms with Gasteiger partial charge in [0.2, 0.25) is 5.91 Å². The Hall–Kier alpha value is -1.40. The fourth-order valence-electron chi connectivity index (χ4n) is 3.07. The summed E-state index contributed by atoms with van der Waals surface area (Å²) in [6.45, 7) is 6.47. The van der Waals surface area contributed by atoms with Gasteiger partial charge >= 0.3 is 0 Å². The predicted molar refractivity (Wildman–Crippen MR) is 94.8 cm³/mol. The first-order chi connectivity index (χ1) is 11.0. The zero-order chi connectivity index (χ0) is 16.4. The number of aromatic nitrogens is 2. The van der Waals surface area contributed by atoms with Crippen LogP contribution in [0.2, 0.25) is 0 Å². The average molecular weight is 348 g/mol. The molecule has 1 aliphatic rings. The first-order valence-corrected chi connectivity index (χ1v) is 9.56. The van der Waals surface area contributed by atoms with Crippen molar-refractivity contribution in [2.45, 2.75) is 54.7 Å². The maximum Gasteiger partial charge on any atom is 0.233 e. The second-order valence-corrected chi connectivity index (χ2v) is 8.96. The molecule has 122 valence electrons. The maximum atomic E-state index is 12.5. The molecule has 1 aromatic carbocycles. The van der Waals surface area contributed by atoms with Crippen molar-refractivity contribution >= 4 is 29.0 Å². The fourth-order valence-corrected chi connectivity index (χ4v) is 4.71. The van der Waals surface area contributed by atoms with E-state index in [9.17, 15) is 4.79 Å². The van der Waals surface area contributed by atoms with E-state index in [1.54, 1.807) is 5.51 Å². The highest BCUT2D eigenvalue weighted by Crippen LogP contribution is 2.41. The molecule has 23 heavy (non-hydrogen) atoms. The van der Waals surface area contributed by atoms with Gasteiger partial charge in [-0.15, -0.1) is 10.2 Å². The minimum Gasteiger partial charge on any atom is -0.348 e. The highest BCUT2D eigenvalue weighted by atomic mass is 32.2. The van der Waals surface area contributed by atoms with Crippen LogP contribution in [0.1, 0.15) is 50.8 Å². The van der Waals surface area contributed by atoms with Gasteiger partial charge in [0.15, 0.2) is 4.34 Å². The third-order valence-corrected chi connectivity index (χ3v) is 6.34. The molecule has 1 N–H and O–H groups in total. The highest BCUT2D eigenvalue weighted by Gasteiger charge is 2.33. The van der Waals surface area contributed by atoms with Gasteiger partial charge in [0.05, 0.1) is 11.3 Å². The minimum absolute atomic E-state index is 0.0599. The SMILES string of the molecule is C[C@H](Sc1nncs1)C(=O)N[C@@H]1CCC(C)(C)c2ccccc21. The van der Waals surface area contributed by atoms with Crippen LogP contribution in [0.25, 0.3) is 0 Å². The minimum atomic E-state index is -0.176. The van der Waals surface area contributed by atoms with Crippen LogP contribution in [-0.2, 0) is 10.2 Å². The van der Waals surface area contributed by atoms with Crippen LogP contribution < -0.4 is 5.32 Å². The first kappa shape index (κ1) is 16.5. The van der Waals surface area contributed by atoms with Gasteiger partial charge in [-0.25, -0.2) is 0 Å². The van der Waals surface area contributed by atoms with E-state index in [-0.39, 0.29) is 22.6 Å². The van der Waals surface area contributed by atoms with E-state index < -0.39 is 0 Å². The molecule has 4 nitrogen and oxygen atoms in total. The number of nitrogens with zero attached hydrogens (tertiary/aromatic N) is 2.